The molecule has 0 bridgehead atoms. The number of hydrogen-bond donors (Lipinski definition) is 3. The Morgan fingerprint density at radius 3 is 2.44 bits per heavy atom. The van der Waals surface area contributed by atoms with Gasteiger partial charge in [-0.05, 0) is 19.1 Å². The third-order valence-corrected chi connectivity index (χ3v) is 4.28. The van der Waals surface area contributed by atoms with Crippen molar-refractivity contribution in [2.24, 2.45) is 0 Å². The Balaban J connectivity index is 2.14. The van der Waals surface area contributed by atoms with E-state index in [2.05, 4.69) is 5.32 Å². The minimum atomic E-state index is -3.11. The zero-order chi connectivity index (χ0) is 13.3. The van der Waals surface area contributed by atoms with E-state index >= 15 is 0 Å². The second-order valence-corrected chi connectivity index (χ2v) is 6.29. The van der Waals surface area contributed by atoms with Crippen molar-refractivity contribution in [2.45, 2.75) is 19.0 Å². The largest absolute Gasteiger partial charge is 0.507 e. The first-order chi connectivity index (χ1) is 8.39. The summed E-state index contributed by atoms with van der Waals surface area (Å²) in [6, 6.07) is 3.85. The lowest BCUT2D eigenvalue weighted by Gasteiger charge is -2.19. The molecule has 1 aromatic rings. The molecule has 3 N–H and O–H groups in total. The normalized spacial score (nSPS) is 23.1. The van der Waals surface area contributed by atoms with Crippen molar-refractivity contribution in [1.82, 2.24) is 5.32 Å². The van der Waals surface area contributed by atoms with Crippen LogP contribution in [0.4, 0.5) is 0 Å². The van der Waals surface area contributed by atoms with E-state index in [9.17, 15) is 18.6 Å². The van der Waals surface area contributed by atoms with Gasteiger partial charge in [-0.2, -0.15) is 0 Å². The van der Waals surface area contributed by atoms with Gasteiger partial charge in [0.05, 0.1) is 11.3 Å². The first-order valence-corrected chi connectivity index (χ1v) is 7.28. The summed E-state index contributed by atoms with van der Waals surface area (Å²) in [4.78, 5) is 0. The van der Waals surface area contributed by atoms with Crippen LogP contribution in [0.5, 0.6) is 11.5 Å². The van der Waals surface area contributed by atoms with Gasteiger partial charge in [0.2, 0.25) is 0 Å². The lowest BCUT2D eigenvalue weighted by Crippen LogP contribution is -2.32. The molecule has 0 fully saturated rings. The fourth-order valence-electron chi connectivity index (χ4n) is 2.07. The van der Waals surface area contributed by atoms with Crippen LogP contribution in [0.1, 0.15) is 18.5 Å². The van der Waals surface area contributed by atoms with Gasteiger partial charge in [-0.15, -0.1) is 0 Å². The molecular weight excluding hydrogens is 254 g/mol. The lowest BCUT2D eigenvalue weighted by molar-refractivity contribution is 0.415. The molecule has 0 amide bonds. The summed E-state index contributed by atoms with van der Waals surface area (Å²) in [6.07, 6.45) is 1.57. The van der Waals surface area contributed by atoms with Gasteiger partial charge in [-0.3, -0.25) is 0 Å². The highest BCUT2D eigenvalue weighted by molar-refractivity contribution is 7.94. The molecule has 0 saturated carbocycles. The molecule has 1 aliphatic heterocycles. The molecule has 2 rings (SSSR count). The monoisotopic (exact) mass is 269 g/mol. The number of phenols is 2. The van der Waals surface area contributed by atoms with Crippen LogP contribution >= 0.6 is 0 Å². The fourth-order valence-corrected chi connectivity index (χ4v) is 3.32. The molecule has 0 saturated heterocycles. The Morgan fingerprint density at radius 2 is 1.94 bits per heavy atom. The van der Waals surface area contributed by atoms with Gasteiger partial charge >= 0.3 is 0 Å². The molecule has 5 nitrogen and oxygen atoms in total. The van der Waals surface area contributed by atoms with E-state index in [1.54, 1.807) is 19.1 Å². The fraction of sp³-hybridized carbons (Fsp3) is 0.333. The molecule has 0 radical (unpaired) electrons. The van der Waals surface area contributed by atoms with Crippen LogP contribution in [0.2, 0.25) is 0 Å². The summed E-state index contributed by atoms with van der Waals surface area (Å²) >= 11 is 0. The SMILES string of the molecule is CC(NC1C=CS(=O)(=O)C1)c1c(O)cccc1O. The third-order valence-electron chi connectivity index (χ3n) is 2.89. The number of sulfone groups is 1. The zero-order valence-corrected chi connectivity index (χ0v) is 10.7. The van der Waals surface area contributed by atoms with Gasteiger partial charge in [0.15, 0.2) is 9.84 Å². The van der Waals surface area contributed by atoms with Gasteiger partial charge in [0.25, 0.3) is 0 Å². The molecule has 6 heteroatoms. The number of hydrogen-bond acceptors (Lipinski definition) is 5. The predicted molar refractivity (Wildman–Crippen MR) is 68.0 cm³/mol. The molecule has 2 unspecified atom stereocenters. The molecule has 1 heterocycles. The van der Waals surface area contributed by atoms with Crippen LogP contribution in [-0.4, -0.2) is 30.4 Å². The predicted octanol–water partition coefficient (Wildman–Crippen LogP) is 1.06. The van der Waals surface area contributed by atoms with Crippen molar-refractivity contribution in [3.8, 4) is 11.5 Å². The molecule has 98 valence electrons. The van der Waals surface area contributed by atoms with Gasteiger partial charge in [-0.1, -0.05) is 12.1 Å². The molecule has 18 heavy (non-hydrogen) atoms. The van der Waals surface area contributed by atoms with Gasteiger partial charge in [-0.25, -0.2) is 8.42 Å². The number of phenolic OH excluding ortho intramolecular Hbond substituents is 2. The Bertz CT molecular complexity index is 559. The van der Waals surface area contributed by atoms with Crippen molar-refractivity contribution in [3.05, 3.63) is 35.2 Å². The summed E-state index contributed by atoms with van der Waals surface area (Å²) < 4.78 is 22.5. The third kappa shape index (κ3) is 2.65. The number of benzene rings is 1. The first kappa shape index (κ1) is 12.9. The summed E-state index contributed by atoms with van der Waals surface area (Å²) in [6.45, 7) is 1.76. The molecule has 1 aromatic carbocycles. The minimum absolute atomic E-state index is 0.00565. The van der Waals surface area contributed by atoms with Crippen LogP contribution in [-0.2, 0) is 9.84 Å². The maximum absolute atomic E-state index is 11.3. The average Bonchev–Trinajstić information content (AvgIpc) is 2.57. The van der Waals surface area contributed by atoms with Crippen LogP contribution in [0.25, 0.3) is 0 Å². The summed E-state index contributed by atoms with van der Waals surface area (Å²) in [5.41, 5.74) is 0.371. The van der Waals surface area contributed by atoms with Crippen molar-refractivity contribution < 1.29 is 18.6 Å². The van der Waals surface area contributed by atoms with E-state index in [1.807, 2.05) is 0 Å². The quantitative estimate of drug-likeness (QED) is 0.764. The van der Waals surface area contributed by atoms with Crippen molar-refractivity contribution in [3.63, 3.8) is 0 Å². The average molecular weight is 269 g/mol. The summed E-state index contributed by atoms with van der Waals surface area (Å²) in [7, 11) is -3.11. The van der Waals surface area contributed by atoms with E-state index in [4.69, 9.17) is 0 Å². The van der Waals surface area contributed by atoms with Crippen LogP contribution in [0.15, 0.2) is 29.7 Å². The second-order valence-electron chi connectivity index (χ2n) is 4.36. The van der Waals surface area contributed by atoms with E-state index < -0.39 is 9.84 Å². The van der Waals surface area contributed by atoms with Gasteiger partial charge in [0, 0.05) is 17.5 Å². The second kappa shape index (κ2) is 4.62. The maximum Gasteiger partial charge on any atom is 0.173 e. The van der Waals surface area contributed by atoms with Crippen LogP contribution in [0, 0.1) is 0 Å². The minimum Gasteiger partial charge on any atom is -0.507 e. The van der Waals surface area contributed by atoms with E-state index in [-0.39, 0.29) is 29.3 Å². The lowest BCUT2D eigenvalue weighted by atomic mass is 10.1. The number of aromatic hydroxyl groups is 2. The van der Waals surface area contributed by atoms with E-state index in [0.29, 0.717) is 5.56 Å². The van der Waals surface area contributed by atoms with Crippen molar-refractivity contribution in [2.75, 3.05) is 5.75 Å². The Hall–Kier alpha value is -1.53. The summed E-state index contributed by atoms with van der Waals surface area (Å²) in [5.74, 6) is -0.0224. The molecular formula is C12H15NO4S. The molecule has 0 spiro atoms. The van der Waals surface area contributed by atoms with Crippen LogP contribution in [0.3, 0.4) is 0 Å². The highest BCUT2D eigenvalue weighted by Gasteiger charge is 2.24. The molecule has 2 atom stereocenters. The highest BCUT2D eigenvalue weighted by Crippen LogP contribution is 2.32. The number of rotatable bonds is 3. The van der Waals surface area contributed by atoms with Gasteiger partial charge in [0.1, 0.15) is 11.5 Å². The van der Waals surface area contributed by atoms with E-state index in [0.717, 1.165) is 0 Å². The highest BCUT2D eigenvalue weighted by atomic mass is 32.2. The molecule has 1 aliphatic rings. The van der Waals surface area contributed by atoms with Gasteiger partial charge < -0.3 is 15.5 Å². The topological polar surface area (TPSA) is 86.6 Å². The first-order valence-electron chi connectivity index (χ1n) is 5.57. The Kier molecular flexibility index (Phi) is 3.32. The standard InChI is InChI=1S/C12H15NO4S/c1-8(12-10(14)3-2-4-11(12)15)13-9-5-6-18(16,17)7-9/h2-6,8-9,13-15H,7H2,1H3. The maximum atomic E-state index is 11.3. The summed E-state index contributed by atoms with van der Waals surface area (Å²) in [5, 5.41) is 23.6. The molecule has 0 aromatic heterocycles. The van der Waals surface area contributed by atoms with Crippen LogP contribution < -0.4 is 5.32 Å². The molecule has 0 aliphatic carbocycles. The zero-order valence-electron chi connectivity index (χ0n) is 9.87. The Labute approximate surface area is 106 Å². The van der Waals surface area contributed by atoms with Crippen molar-refractivity contribution in [1.29, 1.82) is 0 Å². The van der Waals surface area contributed by atoms with Crippen molar-refractivity contribution >= 4 is 9.84 Å². The Morgan fingerprint density at radius 1 is 1.33 bits per heavy atom. The van der Waals surface area contributed by atoms with E-state index in [1.165, 1.54) is 17.5 Å². The smallest absolute Gasteiger partial charge is 0.173 e. The number of nitrogens with one attached hydrogen (secondary N) is 1.